The quantitative estimate of drug-likeness (QED) is 0.519. The number of amides is 1. The molecule has 6 nitrogen and oxygen atoms in total. The van der Waals surface area contributed by atoms with Gasteiger partial charge in [-0.2, -0.15) is 0 Å². The van der Waals surface area contributed by atoms with Crippen molar-refractivity contribution in [3.05, 3.63) is 59.8 Å². The molecule has 0 saturated carbocycles. The number of ether oxygens (including phenoxy) is 2. The van der Waals surface area contributed by atoms with E-state index in [2.05, 4.69) is 27.8 Å². The molecule has 0 aliphatic rings. The summed E-state index contributed by atoms with van der Waals surface area (Å²) in [6.45, 7) is 4.98. The molecule has 2 aromatic carbocycles. The minimum Gasteiger partial charge on any atom is -0.493 e. The van der Waals surface area contributed by atoms with Gasteiger partial charge in [-0.1, -0.05) is 30.3 Å². The lowest BCUT2D eigenvalue weighted by atomic mass is 9.89. The van der Waals surface area contributed by atoms with Gasteiger partial charge in [-0.3, -0.25) is 4.79 Å². The van der Waals surface area contributed by atoms with Crippen molar-refractivity contribution in [3.8, 4) is 11.5 Å². The van der Waals surface area contributed by atoms with Crippen LogP contribution in [-0.2, 0) is 4.79 Å². The molecule has 1 amide bonds. The van der Waals surface area contributed by atoms with E-state index < -0.39 is 0 Å². The molecule has 1 aromatic heterocycles. The standard InChI is InChI=1S/C23H29N3O3/c1-5-24-23(27)15(2)25-13-19(17-10-8-12-21(28-3)22(17)29-4)18-14-26-20-11-7-6-9-16(18)20/h6-12,14-15,19,25-26H,5,13H2,1-4H3,(H,24,27)/t15-,19+/m0/s1. The van der Waals surface area contributed by atoms with Crippen molar-refractivity contribution in [2.24, 2.45) is 0 Å². The lowest BCUT2D eigenvalue weighted by molar-refractivity contribution is -0.122. The highest BCUT2D eigenvalue weighted by Gasteiger charge is 2.25. The van der Waals surface area contributed by atoms with Crippen LogP contribution in [0.3, 0.4) is 0 Å². The molecule has 6 heteroatoms. The number of aromatic amines is 1. The second-order valence-corrected chi connectivity index (χ2v) is 6.95. The monoisotopic (exact) mass is 395 g/mol. The number of rotatable bonds is 9. The average Bonchev–Trinajstić information content (AvgIpc) is 3.17. The van der Waals surface area contributed by atoms with Crippen molar-refractivity contribution in [2.75, 3.05) is 27.3 Å². The molecule has 154 valence electrons. The number of likely N-dealkylation sites (N-methyl/N-ethyl adjacent to an activating group) is 1. The lowest BCUT2D eigenvalue weighted by Crippen LogP contribution is -2.43. The van der Waals surface area contributed by atoms with Crippen molar-refractivity contribution in [1.29, 1.82) is 0 Å². The number of hydrogen-bond donors (Lipinski definition) is 3. The number of hydrogen-bond acceptors (Lipinski definition) is 4. The number of H-pyrrole nitrogens is 1. The van der Waals surface area contributed by atoms with E-state index in [1.54, 1.807) is 14.2 Å². The van der Waals surface area contributed by atoms with Gasteiger partial charge < -0.3 is 25.1 Å². The van der Waals surface area contributed by atoms with Crippen LogP contribution in [0.5, 0.6) is 11.5 Å². The van der Waals surface area contributed by atoms with Crippen molar-refractivity contribution >= 4 is 16.8 Å². The zero-order chi connectivity index (χ0) is 20.8. The molecule has 0 radical (unpaired) electrons. The molecular weight excluding hydrogens is 366 g/mol. The van der Waals surface area contributed by atoms with Crippen LogP contribution in [-0.4, -0.2) is 44.2 Å². The highest BCUT2D eigenvalue weighted by atomic mass is 16.5. The van der Waals surface area contributed by atoms with Gasteiger partial charge in [-0.25, -0.2) is 0 Å². The van der Waals surface area contributed by atoms with Gasteiger partial charge in [-0.05, 0) is 31.5 Å². The fraction of sp³-hybridized carbons (Fsp3) is 0.348. The zero-order valence-corrected chi connectivity index (χ0v) is 17.4. The summed E-state index contributed by atoms with van der Waals surface area (Å²) in [7, 11) is 3.29. The van der Waals surface area contributed by atoms with Crippen LogP contribution in [0.15, 0.2) is 48.7 Å². The summed E-state index contributed by atoms with van der Waals surface area (Å²) < 4.78 is 11.2. The average molecular weight is 396 g/mol. The van der Waals surface area contributed by atoms with Crippen LogP contribution < -0.4 is 20.1 Å². The Morgan fingerprint density at radius 2 is 1.86 bits per heavy atom. The molecule has 0 aliphatic heterocycles. The highest BCUT2D eigenvalue weighted by Crippen LogP contribution is 2.40. The summed E-state index contributed by atoms with van der Waals surface area (Å²) in [4.78, 5) is 15.5. The van der Waals surface area contributed by atoms with Gasteiger partial charge in [-0.15, -0.1) is 0 Å². The van der Waals surface area contributed by atoms with Crippen LogP contribution in [0.1, 0.15) is 30.9 Å². The molecule has 0 unspecified atom stereocenters. The van der Waals surface area contributed by atoms with E-state index in [1.807, 2.05) is 50.4 Å². The SMILES string of the molecule is CCNC(=O)[C@H](C)NC[C@H](c1cccc(OC)c1OC)c1c[nH]c2ccccc12. The number of fused-ring (bicyclic) bond motifs is 1. The molecule has 0 fully saturated rings. The Morgan fingerprint density at radius 3 is 2.59 bits per heavy atom. The molecule has 3 rings (SSSR count). The van der Waals surface area contributed by atoms with E-state index in [4.69, 9.17) is 9.47 Å². The minimum absolute atomic E-state index is 0.0113. The van der Waals surface area contributed by atoms with Gasteiger partial charge >= 0.3 is 0 Å². The maximum absolute atomic E-state index is 12.2. The predicted octanol–water partition coefficient (Wildman–Crippen LogP) is 3.43. The first-order valence-electron chi connectivity index (χ1n) is 9.88. The third kappa shape index (κ3) is 4.38. The van der Waals surface area contributed by atoms with Crippen LogP contribution >= 0.6 is 0 Å². The number of nitrogens with one attached hydrogen (secondary N) is 3. The third-order valence-corrected chi connectivity index (χ3v) is 5.18. The summed E-state index contributed by atoms with van der Waals surface area (Å²) in [5, 5.41) is 7.39. The Labute approximate surface area is 171 Å². The number of para-hydroxylation sites is 2. The summed E-state index contributed by atoms with van der Waals surface area (Å²) in [5.41, 5.74) is 3.22. The van der Waals surface area contributed by atoms with Gasteiger partial charge in [0, 0.05) is 41.7 Å². The fourth-order valence-electron chi connectivity index (χ4n) is 3.67. The lowest BCUT2D eigenvalue weighted by Gasteiger charge is -2.23. The van der Waals surface area contributed by atoms with E-state index in [9.17, 15) is 4.79 Å². The molecule has 1 heterocycles. The molecule has 0 aliphatic carbocycles. The number of carbonyl (C=O) groups is 1. The fourth-order valence-corrected chi connectivity index (χ4v) is 3.67. The predicted molar refractivity (Wildman–Crippen MR) is 116 cm³/mol. The van der Waals surface area contributed by atoms with Crippen molar-refractivity contribution in [3.63, 3.8) is 0 Å². The summed E-state index contributed by atoms with van der Waals surface area (Å²) in [5.74, 6) is 1.35. The van der Waals surface area contributed by atoms with E-state index >= 15 is 0 Å². The first-order valence-corrected chi connectivity index (χ1v) is 9.88. The molecular formula is C23H29N3O3. The molecule has 29 heavy (non-hydrogen) atoms. The van der Waals surface area contributed by atoms with Gasteiger partial charge in [0.05, 0.1) is 20.3 Å². The summed E-state index contributed by atoms with van der Waals surface area (Å²) in [6, 6.07) is 13.8. The van der Waals surface area contributed by atoms with Gasteiger partial charge in [0.15, 0.2) is 11.5 Å². The van der Waals surface area contributed by atoms with Gasteiger partial charge in [0.1, 0.15) is 0 Å². The molecule has 3 aromatic rings. The molecule has 3 N–H and O–H groups in total. The van der Waals surface area contributed by atoms with Crippen molar-refractivity contribution < 1.29 is 14.3 Å². The zero-order valence-electron chi connectivity index (χ0n) is 17.4. The molecule has 0 bridgehead atoms. The van der Waals surface area contributed by atoms with Crippen LogP contribution in [0.2, 0.25) is 0 Å². The molecule has 2 atom stereocenters. The van der Waals surface area contributed by atoms with E-state index in [0.29, 0.717) is 24.6 Å². The first kappa shape index (κ1) is 20.7. The number of benzene rings is 2. The smallest absolute Gasteiger partial charge is 0.236 e. The second-order valence-electron chi connectivity index (χ2n) is 6.95. The molecule has 0 saturated heterocycles. The topological polar surface area (TPSA) is 75.4 Å². The summed E-state index contributed by atoms with van der Waals surface area (Å²) in [6.07, 6.45) is 2.03. The Morgan fingerprint density at radius 1 is 1.07 bits per heavy atom. The maximum atomic E-state index is 12.2. The molecule has 0 spiro atoms. The summed E-state index contributed by atoms with van der Waals surface area (Å²) >= 11 is 0. The van der Waals surface area contributed by atoms with E-state index in [-0.39, 0.29) is 17.9 Å². The van der Waals surface area contributed by atoms with Crippen molar-refractivity contribution in [2.45, 2.75) is 25.8 Å². The Bertz CT molecular complexity index is 967. The van der Waals surface area contributed by atoms with E-state index in [0.717, 1.165) is 22.0 Å². The van der Waals surface area contributed by atoms with Gasteiger partial charge in [0.2, 0.25) is 5.91 Å². The minimum atomic E-state index is -0.306. The largest absolute Gasteiger partial charge is 0.493 e. The third-order valence-electron chi connectivity index (χ3n) is 5.18. The Hall–Kier alpha value is -2.99. The number of aromatic nitrogens is 1. The number of methoxy groups -OCH3 is 2. The maximum Gasteiger partial charge on any atom is 0.236 e. The number of carbonyl (C=O) groups excluding carboxylic acids is 1. The Balaban J connectivity index is 2.02. The van der Waals surface area contributed by atoms with Crippen molar-refractivity contribution in [1.82, 2.24) is 15.6 Å². The van der Waals surface area contributed by atoms with Crippen LogP contribution in [0.25, 0.3) is 10.9 Å². The van der Waals surface area contributed by atoms with Crippen LogP contribution in [0, 0.1) is 0 Å². The first-order chi connectivity index (χ1) is 14.1. The van der Waals surface area contributed by atoms with Gasteiger partial charge in [0.25, 0.3) is 0 Å². The van der Waals surface area contributed by atoms with Crippen LogP contribution in [0.4, 0.5) is 0 Å². The van der Waals surface area contributed by atoms with E-state index in [1.165, 1.54) is 0 Å². The Kier molecular flexibility index (Phi) is 6.77. The second kappa shape index (κ2) is 9.47. The highest BCUT2D eigenvalue weighted by molar-refractivity contribution is 5.84. The normalized spacial score (nSPS) is 13.1.